The van der Waals surface area contributed by atoms with Gasteiger partial charge in [-0.05, 0) is 30.5 Å². The molecule has 8 nitrogen and oxygen atoms in total. The molecule has 0 saturated heterocycles. The predicted octanol–water partition coefficient (Wildman–Crippen LogP) is 3.04. The minimum absolute atomic E-state index is 0.0744. The Labute approximate surface area is 187 Å². The van der Waals surface area contributed by atoms with E-state index in [1.54, 1.807) is 27.9 Å². The second kappa shape index (κ2) is 9.64. The molecule has 1 aliphatic rings. The molecule has 1 atom stereocenters. The number of para-hydroxylation sites is 2. The third-order valence-electron chi connectivity index (χ3n) is 5.59. The summed E-state index contributed by atoms with van der Waals surface area (Å²) in [6.07, 6.45) is 2.50. The van der Waals surface area contributed by atoms with Crippen LogP contribution in [0.4, 0.5) is 5.69 Å². The number of hydrogen-bond donors (Lipinski definition) is 1. The van der Waals surface area contributed by atoms with Gasteiger partial charge in [0.25, 0.3) is 11.8 Å². The fourth-order valence-electron chi connectivity index (χ4n) is 3.73. The van der Waals surface area contributed by atoms with E-state index >= 15 is 0 Å². The third-order valence-corrected chi connectivity index (χ3v) is 5.59. The number of anilines is 1. The zero-order valence-electron chi connectivity index (χ0n) is 18.3. The summed E-state index contributed by atoms with van der Waals surface area (Å²) in [6.45, 7) is 4.68. The van der Waals surface area contributed by atoms with Gasteiger partial charge in [-0.3, -0.25) is 14.5 Å². The number of fused-ring (bicyclic) bond motifs is 1. The smallest absolute Gasteiger partial charge is 0.280 e. The van der Waals surface area contributed by atoms with E-state index in [2.05, 4.69) is 15.6 Å². The van der Waals surface area contributed by atoms with E-state index in [-0.39, 0.29) is 30.1 Å². The fourth-order valence-corrected chi connectivity index (χ4v) is 3.73. The van der Waals surface area contributed by atoms with E-state index in [1.807, 2.05) is 56.3 Å². The number of hydrogen-bond acceptors (Lipinski definition) is 5. The van der Waals surface area contributed by atoms with Crippen molar-refractivity contribution in [2.45, 2.75) is 45.4 Å². The number of amides is 2. The molecule has 4 rings (SSSR count). The van der Waals surface area contributed by atoms with Crippen molar-refractivity contribution in [3.8, 4) is 5.75 Å². The van der Waals surface area contributed by atoms with Crippen molar-refractivity contribution in [3.05, 3.63) is 72.1 Å². The van der Waals surface area contributed by atoms with Gasteiger partial charge in [0.1, 0.15) is 5.75 Å². The Hall–Kier alpha value is -3.68. The molecule has 8 heteroatoms. The fraction of sp³-hybridized carbons (Fsp3) is 0.333. The van der Waals surface area contributed by atoms with Crippen molar-refractivity contribution in [1.82, 2.24) is 20.3 Å². The van der Waals surface area contributed by atoms with Crippen LogP contribution in [0.5, 0.6) is 5.75 Å². The molecule has 0 spiro atoms. The van der Waals surface area contributed by atoms with Gasteiger partial charge in [0.15, 0.2) is 11.8 Å². The molecule has 0 bridgehead atoms. The van der Waals surface area contributed by atoms with Crippen LogP contribution < -0.4 is 15.0 Å². The van der Waals surface area contributed by atoms with E-state index < -0.39 is 6.10 Å². The first-order valence-electron chi connectivity index (χ1n) is 10.9. The number of nitrogens with one attached hydrogen (secondary N) is 1. The Morgan fingerprint density at radius 3 is 2.56 bits per heavy atom. The van der Waals surface area contributed by atoms with Gasteiger partial charge >= 0.3 is 0 Å². The number of benzene rings is 2. The average molecular weight is 434 g/mol. The maximum atomic E-state index is 13.4. The summed E-state index contributed by atoms with van der Waals surface area (Å²) >= 11 is 0. The van der Waals surface area contributed by atoms with Crippen molar-refractivity contribution >= 4 is 17.5 Å². The molecule has 0 saturated carbocycles. The van der Waals surface area contributed by atoms with Crippen LogP contribution in [-0.2, 0) is 11.3 Å². The van der Waals surface area contributed by atoms with Gasteiger partial charge in [0.05, 0.1) is 25.0 Å². The van der Waals surface area contributed by atoms with Gasteiger partial charge in [-0.2, -0.15) is 0 Å². The Balaban J connectivity index is 1.55. The van der Waals surface area contributed by atoms with Crippen LogP contribution in [0.25, 0.3) is 0 Å². The summed E-state index contributed by atoms with van der Waals surface area (Å²) in [5, 5.41) is 11.2. The van der Waals surface area contributed by atoms with Crippen molar-refractivity contribution < 1.29 is 14.3 Å². The lowest BCUT2D eigenvalue weighted by molar-refractivity contribution is -0.128. The third kappa shape index (κ3) is 4.64. The Morgan fingerprint density at radius 1 is 1.09 bits per heavy atom. The van der Waals surface area contributed by atoms with Crippen LogP contribution in [0.1, 0.15) is 42.7 Å². The van der Waals surface area contributed by atoms with Crippen LogP contribution in [0.3, 0.4) is 0 Å². The lowest BCUT2D eigenvalue weighted by atomic mass is 10.1. The number of ether oxygens (including phenoxy) is 1. The van der Waals surface area contributed by atoms with Crippen molar-refractivity contribution in [3.63, 3.8) is 0 Å². The van der Waals surface area contributed by atoms with Crippen LogP contribution in [0, 0.1) is 0 Å². The first-order chi connectivity index (χ1) is 15.6. The van der Waals surface area contributed by atoms with Crippen LogP contribution >= 0.6 is 0 Å². The summed E-state index contributed by atoms with van der Waals surface area (Å²) in [7, 11) is 0. The summed E-state index contributed by atoms with van der Waals surface area (Å²) < 4.78 is 7.57. The molecule has 1 N–H and O–H groups in total. The lowest BCUT2D eigenvalue weighted by Crippen LogP contribution is -2.52. The molecule has 2 heterocycles. The molecule has 1 unspecified atom stereocenters. The average Bonchev–Trinajstić information content (AvgIpc) is 3.30. The van der Waals surface area contributed by atoms with Gasteiger partial charge < -0.3 is 10.1 Å². The monoisotopic (exact) mass is 433 g/mol. The van der Waals surface area contributed by atoms with E-state index in [0.717, 1.165) is 18.4 Å². The van der Waals surface area contributed by atoms with Gasteiger partial charge in [-0.15, -0.1) is 5.10 Å². The van der Waals surface area contributed by atoms with E-state index in [4.69, 9.17) is 4.74 Å². The SMILES string of the molecule is CCC(CC)NC(=O)C1CN(C(=O)c2cn(Cc3ccccc3)nn2)c2ccccc2O1. The molecular weight excluding hydrogens is 406 g/mol. The number of carbonyl (C=O) groups is 2. The maximum absolute atomic E-state index is 13.4. The summed E-state index contributed by atoms with van der Waals surface area (Å²) in [4.78, 5) is 27.7. The standard InChI is InChI=1S/C24H27N5O3/c1-3-18(4-2)25-23(30)22-16-29(20-12-8-9-13-21(20)32-22)24(31)19-15-28(27-26-19)14-17-10-6-5-7-11-17/h5-13,15,18,22H,3-4,14,16H2,1-2H3,(H,25,30). The first-order valence-corrected chi connectivity index (χ1v) is 10.9. The molecule has 0 fully saturated rings. The lowest BCUT2D eigenvalue weighted by Gasteiger charge is -2.34. The molecule has 0 radical (unpaired) electrons. The first kappa shape index (κ1) is 21.5. The number of rotatable bonds is 7. The Morgan fingerprint density at radius 2 is 1.81 bits per heavy atom. The predicted molar refractivity (Wildman–Crippen MR) is 121 cm³/mol. The Kier molecular flexibility index (Phi) is 6.49. The topological polar surface area (TPSA) is 89.4 Å². The molecule has 1 aliphatic heterocycles. The summed E-state index contributed by atoms with van der Waals surface area (Å²) in [5.41, 5.74) is 1.89. The van der Waals surface area contributed by atoms with Crippen molar-refractivity contribution in [2.75, 3.05) is 11.4 Å². The largest absolute Gasteiger partial charge is 0.477 e. The molecule has 2 aromatic carbocycles. The zero-order chi connectivity index (χ0) is 22.5. The molecule has 32 heavy (non-hydrogen) atoms. The van der Waals surface area contributed by atoms with Gasteiger partial charge in [-0.25, -0.2) is 4.68 Å². The molecule has 3 aromatic rings. The highest BCUT2D eigenvalue weighted by Crippen LogP contribution is 2.34. The maximum Gasteiger partial charge on any atom is 0.280 e. The second-order valence-electron chi connectivity index (χ2n) is 7.80. The second-order valence-corrected chi connectivity index (χ2v) is 7.80. The van der Waals surface area contributed by atoms with E-state index in [1.165, 1.54) is 0 Å². The number of aromatic nitrogens is 3. The molecular formula is C24H27N5O3. The summed E-state index contributed by atoms with van der Waals surface area (Å²) in [5.74, 6) is -0.0485. The quantitative estimate of drug-likeness (QED) is 0.619. The van der Waals surface area contributed by atoms with Crippen LogP contribution in [0.2, 0.25) is 0 Å². The zero-order valence-corrected chi connectivity index (χ0v) is 18.3. The van der Waals surface area contributed by atoms with Gasteiger partial charge in [0.2, 0.25) is 0 Å². The molecule has 2 amide bonds. The van der Waals surface area contributed by atoms with Crippen LogP contribution in [0.15, 0.2) is 60.8 Å². The molecule has 1 aromatic heterocycles. The number of carbonyl (C=O) groups excluding carboxylic acids is 2. The van der Waals surface area contributed by atoms with E-state index in [0.29, 0.717) is 18.0 Å². The highest BCUT2D eigenvalue weighted by atomic mass is 16.5. The molecule has 166 valence electrons. The van der Waals surface area contributed by atoms with Gasteiger partial charge in [-0.1, -0.05) is 61.5 Å². The van der Waals surface area contributed by atoms with Gasteiger partial charge in [0, 0.05) is 6.04 Å². The minimum atomic E-state index is -0.797. The summed E-state index contributed by atoms with van der Waals surface area (Å²) in [6, 6.07) is 17.1. The van der Waals surface area contributed by atoms with Crippen molar-refractivity contribution in [1.29, 1.82) is 0 Å². The highest BCUT2D eigenvalue weighted by Gasteiger charge is 2.35. The normalized spacial score (nSPS) is 15.2. The Bertz CT molecular complexity index is 1080. The minimum Gasteiger partial charge on any atom is -0.477 e. The van der Waals surface area contributed by atoms with E-state index in [9.17, 15) is 9.59 Å². The van der Waals surface area contributed by atoms with Crippen molar-refractivity contribution in [2.24, 2.45) is 0 Å². The number of nitrogens with zero attached hydrogens (tertiary/aromatic N) is 4. The highest BCUT2D eigenvalue weighted by molar-refractivity contribution is 6.06. The molecule has 0 aliphatic carbocycles. The van der Waals surface area contributed by atoms with Crippen LogP contribution in [-0.4, -0.2) is 45.5 Å².